The first-order valence-corrected chi connectivity index (χ1v) is 5.95. The average molecular weight is 278 g/mol. The lowest BCUT2D eigenvalue weighted by molar-refractivity contribution is 0.0690. The van der Waals surface area contributed by atoms with E-state index >= 15 is 0 Å². The minimum Gasteiger partial charge on any atom is -0.477 e. The third-order valence-corrected chi connectivity index (χ3v) is 2.91. The molecule has 0 amide bonds. The smallest absolute Gasteiger partial charge is 0.354 e. The van der Waals surface area contributed by atoms with E-state index in [0.717, 1.165) is 5.56 Å². The van der Waals surface area contributed by atoms with Crippen LogP contribution in [-0.2, 0) is 0 Å². The highest BCUT2D eigenvalue weighted by molar-refractivity contribution is 6.31. The van der Waals surface area contributed by atoms with Crippen LogP contribution in [0.2, 0.25) is 5.02 Å². The molecule has 2 N–H and O–H groups in total. The number of hydrogen-bond donors (Lipinski definition) is 2. The van der Waals surface area contributed by atoms with Crippen LogP contribution in [-0.4, -0.2) is 21.0 Å². The molecule has 0 bridgehead atoms. The zero-order valence-corrected chi connectivity index (χ0v) is 11.2. The molecule has 0 saturated carbocycles. The minimum atomic E-state index is -1.09. The van der Waals surface area contributed by atoms with E-state index in [4.69, 9.17) is 16.7 Å². The standard InChI is InChI=1S/C13H12ClN3O2/c1-7-3-4-9(6-10(7)14)16-13-15-8(2)5-11(17-13)12(18)19/h3-6H,1-2H3,(H,18,19)(H,15,16,17). The van der Waals surface area contributed by atoms with Crippen molar-refractivity contribution >= 4 is 29.2 Å². The van der Waals surface area contributed by atoms with E-state index in [2.05, 4.69) is 15.3 Å². The van der Waals surface area contributed by atoms with Crippen molar-refractivity contribution in [1.82, 2.24) is 9.97 Å². The van der Waals surface area contributed by atoms with Crippen LogP contribution < -0.4 is 5.32 Å². The lowest BCUT2D eigenvalue weighted by Crippen LogP contribution is -2.06. The molecule has 0 spiro atoms. The molecule has 98 valence electrons. The van der Waals surface area contributed by atoms with Gasteiger partial charge in [-0.05, 0) is 37.6 Å². The zero-order valence-electron chi connectivity index (χ0n) is 10.4. The molecule has 2 aromatic rings. The largest absolute Gasteiger partial charge is 0.477 e. The summed E-state index contributed by atoms with van der Waals surface area (Å²) in [5.74, 6) is -0.854. The van der Waals surface area contributed by atoms with Crippen LogP contribution >= 0.6 is 11.6 Å². The van der Waals surface area contributed by atoms with Crippen molar-refractivity contribution < 1.29 is 9.90 Å². The lowest BCUT2D eigenvalue weighted by Gasteiger charge is -2.07. The summed E-state index contributed by atoms with van der Waals surface area (Å²) >= 11 is 6.02. The van der Waals surface area contributed by atoms with Crippen LogP contribution in [0.5, 0.6) is 0 Å². The van der Waals surface area contributed by atoms with Gasteiger partial charge in [0.25, 0.3) is 0 Å². The Morgan fingerprint density at radius 2 is 2.00 bits per heavy atom. The first-order valence-electron chi connectivity index (χ1n) is 5.58. The number of carbonyl (C=O) groups is 1. The molecule has 0 aliphatic heterocycles. The number of aromatic nitrogens is 2. The van der Waals surface area contributed by atoms with Crippen molar-refractivity contribution in [3.8, 4) is 0 Å². The fourth-order valence-electron chi connectivity index (χ4n) is 1.53. The van der Waals surface area contributed by atoms with Crippen molar-refractivity contribution in [2.24, 2.45) is 0 Å². The Hall–Kier alpha value is -2.14. The van der Waals surface area contributed by atoms with Crippen molar-refractivity contribution in [2.45, 2.75) is 13.8 Å². The van der Waals surface area contributed by atoms with Crippen LogP contribution in [0.25, 0.3) is 0 Å². The maximum atomic E-state index is 10.9. The molecular formula is C13H12ClN3O2. The van der Waals surface area contributed by atoms with Gasteiger partial charge >= 0.3 is 5.97 Å². The van der Waals surface area contributed by atoms with E-state index in [0.29, 0.717) is 16.4 Å². The molecule has 0 aliphatic rings. The maximum absolute atomic E-state index is 10.9. The number of carboxylic acids is 1. The number of nitrogens with zero attached hydrogens (tertiary/aromatic N) is 2. The highest BCUT2D eigenvalue weighted by Crippen LogP contribution is 2.22. The maximum Gasteiger partial charge on any atom is 0.354 e. The van der Waals surface area contributed by atoms with Crippen molar-refractivity contribution in [2.75, 3.05) is 5.32 Å². The van der Waals surface area contributed by atoms with Gasteiger partial charge in [-0.25, -0.2) is 14.8 Å². The van der Waals surface area contributed by atoms with Gasteiger partial charge in [-0.2, -0.15) is 0 Å². The molecule has 0 aliphatic carbocycles. The van der Waals surface area contributed by atoms with E-state index in [9.17, 15) is 4.79 Å². The lowest BCUT2D eigenvalue weighted by atomic mass is 10.2. The Labute approximate surface area is 115 Å². The Morgan fingerprint density at radius 3 is 2.63 bits per heavy atom. The van der Waals surface area contributed by atoms with Crippen LogP contribution in [0, 0.1) is 13.8 Å². The van der Waals surface area contributed by atoms with Crippen LogP contribution in [0.4, 0.5) is 11.6 Å². The number of nitrogens with one attached hydrogen (secondary N) is 1. The normalized spacial score (nSPS) is 10.3. The van der Waals surface area contributed by atoms with Gasteiger partial charge in [0.15, 0.2) is 5.69 Å². The van der Waals surface area contributed by atoms with E-state index in [1.54, 1.807) is 13.0 Å². The molecule has 0 unspecified atom stereocenters. The molecule has 0 radical (unpaired) electrons. The van der Waals surface area contributed by atoms with Gasteiger partial charge in [0.05, 0.1) is 0 Å². The number of aryl methyl sites for hydroxylation is 2. The van der Waals surface area contributed by atoms with E-state index < -0.39 is 5.97 Å². The van der Waals surface area contributed by atoms with Gasteiger partial charge in [-0.15, -0.1) is 0 Å². The average Bonchev–Trinajstić information content (AvgIpc) is 2.33. The quantitative estimate of drug-likeness (QED) is 0.901. The second-order valence-corrected chi connectivity index (χ2v) is 4.52. The minimum absolute atomic E-state index is 0.0480. The van der Waals surface area contributed by atoms with Crippen molar-refractivity contribution in [3.63, 3.8) is 0 Å². The number of anilines is 2. The van der Waals surface area contributed by atoms with Crippen LogP contribution in [0.15, 0.2) is 24.3 Å². The molecule has 2 rings (SSSR count). The molecule has 1 aromatic heterocycles. The summed E-state index contributed by atoms with van der Waals surface area (Å²) in [6, 6.07) is 6.84. The summed E-state index contributed by atoms with van der Waals surface area (Å²) in [7, 11) is 0. The molecule has 1 heterocycles. The summed E-state index contributed by atoms with van der Waals surface area (Å²) in [4.78, 5) is 19.0. The van der Waals surface area contributed by atoms with Gasteiger partial charge in [-0.3, -0.25) is 0 Å². The molecular weight excluding hydrogens is 266 g/mol. The summed E-state index contributed by atoms with van der Waals surface area (Å²) in [6.45, 7) is 3.61. The second-order valence-electron chi connectivity index (χ2n) is 4.11. The van der Waals surface area contributed by atoms with E-state index in [1.165, 1.54) is 6.07 Å². The van der Waals surface area contributed by atoms with Gasteiger partial charge in [0, 0.05) is 16.4 Å². The molecule has 5 nitrogen and oxygen atoms in total. The monoisotopic (exact) mass is 277 g/mol. The summed E-state index contributed by atoms with van der Waals surface area (Å²) < 4.78 is 0. The van der Waals surface area contributed by atoms with Gasteiger partial charge in [0.1, 0.15) is 0 Å². The first kappa shape index (κ1) is 13.3. The number of benzene rings is 1. The topological polar surface area (TPSA) is 75.1 Å². The fraction of sp³-hybridized carbons (Fsp3) is 0.154. The summed E-state index contributed by atoms with van der Waals surface area (Å²) in [5, 5.41) is 12.5. The van der Waals surface area contributed by atoms with Crippen LogP contribution in [0.3, 0.4) is 0 Å². The Balaban J connectivity index is 2.32. The molecule has 0 atom stereocenters. The molecule has 0 saturated heterocycles. The fourth-order valence-corrected chi connectivity index (χ4v) is 1.71. The molecule has 19 heavy (non-hydrogen) atoms. The first-order chi connectivity index (χ1) is 8.95. The number of aromatic carboxylic acids is 1. The summed E-state index contributed by atoms with van der Waals surface area (Å²) in [6.07, 6.45) is 0. The molecule has 1 aromatic carbocycles. The predicted molar refractivity (Wildman–Crippen MR) is 73.2 cm³/mol. The molecule has 6 heteroatoms. The number of rotatable bonds is 3. The van der Waals surface area contributed by atoms with Crippen molar-refractivity contribution in [3.05, 3.63) is 46.2 Å². The third kappa shape index (κ3) is 3.20. The van der Waals surface area contributed by atoms with Gasteiger partial charge in [-0.1, -0.05) is 17.7 Å². The highest BCUT2D eigenvalue weighted by Gasteiger charge is 2.09. The van der Waals surface area contributed by atoms with Crippen LogP contribution in [0.1, 0.15) is 21.7 Å². The Bertz CT molecular complexity index is 644. The second kappa shape index (κ2) is 5.24. The van der Waals surface area contributed by atoms with Gasteiger partial charge < -0.3 is 10.4 Å². The highest BCUT2D eigenvalue weighted by atomic mass is 35.5. The SMILES string of the molecule is Cc1cc(C(=O)O)nc(Nc2ccc(C)c(Cl)c2)n1. The molecule has 0 fully saturated rings. The Kier molecular flexibility index (Phi) is 3.66. The Morgan fingerprint density at radius 1 is 1.26 bits per heavy atom. The number of hydrogen-bond acceptors (Lipinski definition) is 4. The van der Waals surface area contributed by atoms with Crippen molar-refractivity contribution in [1.29, 1.82) is 0 Å². The third-order valence-electron chi connectivity index (χ3n) is 2.50. The number of halogens is 1. The van der Waals surface area contributed by atoms with E-state index in [-0.39, 0.29) is 11.6 Å². The number of carboxylic acid groups (broad SMARTS) is 1. The predicted octanol–water partition coefficient (Wildman–Crippen LogP) is 3.19. The zero-order chi connectivity index (χ0) is 14.0. The van der Waals surface area contributed by atoms with Gasteiger partial charge in [0.2, 0.25) is 5.95 Å². The summed E-state index contributed by atoms with van der Waals surface area (Å²) in [5.41, 5.74) is 2.20. The van der Waals surface area contributed by atoms with E-state index in [1.807, 2.05) is 19.1 Å².